The molecule has 2 aromatic carbocycles. The number of hydrogen-bond donors (Lipinski definition) is 2. The Morgan fingerprint density at radius 3 is 2.52 bits per heavy atom. The van der Waals surface area contributed by atoms with E-state index in [-0.39, 0.29) is 11.8 Å². The smallest absolute Gasteiger partial charge is 0.276 e. The highest BCUT2D eigenvalue weighted by atomic mass is 16.2. The number of nitrogens with one attached hydrogen (secondary N) is 2. The molecule has 6 heteroatoms. The molecule has 4 rings (SSSR count). The lowest BCUT2D eigenvalue weighted by atomic mass is 10.1. The Hall–Kier alpha value is -3.41. The largest absolute Gasteiger partial charge is 0.355 e. The van der Waals surface area contributed by atoms with Crippen LogP contribution in [0.1, 0.15) is 51.4 Å². The molecule has 0 bridgehead atoms. The summed E-state index contributed by atoms with van der Waals surface area (Å²) >= 11 is 0. The lowest BCUT2D eigenvalue weighted by Gasteiger charge is -2.07. The predicted octanol–water partition coefficient (Wildman–Crippen LogP) is 3.75. The van der Waals surface area contributed by atoms with Crippen LogP contribution in [0.15, 0.2) is 54.6 Å². The van der Waals surface area contributed by atoms with Crippen LogP contribution in [0.5, 0.6) is 0 Å². The molecule has 1 aliphatic rings. The Labute approximate surface area is 169 Å². The number of carbonyl (C=O) groups excluding carboxylic acids is 2. The summed E-state index contributed by atoms with van der Waals surface area (Å²) < 4.78 is 1.91. The van der Waals surface area contributed by atoms with Gasteiger partial charge >= 0.3 is 0 Å². The van der Waals surface area contributed by atoms with Crippen molar-refractivity contribution in [1.29, 1.82) is 0 Å². The second-order valence-electron chi connectivity index (χ2n) is 7.20. The van der Waals surface area contributed by atoms with Crippen molar-refractivity contribution in [1.82, 2.24) is 15.1 Å². The molecule has 1 aromatic heterocycles. The van der Waals surface area contributed by atoms with Gasteiger partial charge in [-0.25, -0.2) is 4.68 Å². The van der Waals surface area contributed by atoms with Crippen LogP contribution in [0.2, 0.25) is 0 Å². The molecule has 0 unspecified atom stereocenters. The van der Waals surface area contributed by atoms with E-state index in [1.807, 2.05) is 35.0 Å². The van der Waals surface area contributed by atoms with Crippen molar-refractivity contribution in [2.75, 3.05) is 12.4 Å². The fraction of sp³-hybridized carbons (Fsp3) is 0.261. The maximum absolute atomic E-state index is 13.1. The molecule has 3 aromatic rings. The number of para-hydroxylation sites is 1. The van der Waals surface area contributed by atoms with Gasteiger partial charge in [-0.05, 0) is 56.0 Å². The lowest BCUT2D eigenvalue weighted by molar-refractivity contribution is 0.0961. The first-order valence-corrected chi connectivity index (χ1v) is 9.97. The molecular formula is C23H24N4O2. The van der Waals surface area contributed by atoms with E-state index in [0.717, 1.165) is 49.0 Å². The SMILES string of the molecule is CNC(=O)c1cccc(NC(=O)c2nn(-c3ccccc3)c3c2CCCCC3)c1. The molecule has 0 spiro atoms. The first-order valence-electron chi connectivity index (χ1n) is 9.97. The highest BCUT2D eigenvalue weighted by molar-refractivity contribution is 6.05. The number of benzene rings is 2. The van der Waals surface area contributed by atoms with Crippen molar-refractivity contribution in [3.63, 3.8) is 0 Å². The first kappa shape index (κ1) is 18.9. The Balaban J connectivity index is 1.69. The summed E-state index contributed by atoms with van der Waals surface area (Å²) in [6.45, 7) is 0. The number of hydrogen-bond acceptors (Lipinski definition) is 3. The quantitative estimate of drug-likeness (QED) is 0.668. The molecular weight excluding hydrogens is 364 g/mol. The second kappa shape index (κ2) is 8.31. The van der Waals surface area contributed by atoms with Gasteiger partial charge in [0.05, 0.1) is 5.69 Å². The third kappa shape index (κ3) is 3.92. The van der Waals surface area contributed by atoms with Crippen molar-refractivity contribution in [2.45, 2.75) is 32.1 Å². The standard InChI is InChI=1S/C23H24N4O2/c1-24-22(28)16-9-8-10-17(15-16)25-23(29)21-19-13-6-3-7-14-20(19)27(26-21)18-11-4-2-5-12-18/h2,4-5,8-12,15H,3,6-7,13-14H2,1H3,(H,24,28)(H,25,29). The second-order valence-corrected chi connectivity index (χ2v) is 7.20. The number of nitrogens with zero attached hydrogens (tertiary/aromatic N) is 2. The van der Waals surface area contributed by atoms with E-state index in [1.54, 1.807) is 31.3 Å². The van der Waals surface area contributed by atoms with Crippen LogP contribution < -0.4 is 10.6 Å². The van der Waals surface area contributed by atoms with E-state index in [0.29, 0.717) is 16.9 Å². The van der Waals surface area contributed by atoms with Gasteiger partial charge in [0, 0.05) is 29.6 Å². The normalized spacial score (nSPS) is 13.3. The third-order valence-corrected chi connectivity index (χ3v) is 5.26. The molecule has 0 aliphatic heterocycles. The molecule has 0 fully saturated rings. The van der Waals surface area contributed by atoms with Gasteiger partial charge in [-0.2, -0.15) is 5.10 Å². The van der Waals surface area contributed by atoms with Gasteiger partial charge in [-0.15, -0.1) is 0 Å². The maximum atomic E-state index is 13.1. The monoisotopic (exact) mass is 388 g/mol. The van der Waals surface area contributed by atoms with E-state index >= 15 is 0 Å². The summed E-state index contributed by atoms with van der Waals surface area (Å²) in [6, 6.07) is 16.8. The van der Waals surface area contributed by atoms with Gasteiger partial charge in [0.25, 0.3) is 11.8 Å². The molecule has 0 saturated heterocycles. The summed E-state index contributed by atoms with van der Waals surface area (Å²) in [7, 11) is 1.58. The highest BCUT2D eigenvalue weighted by Crippen LogP contribution is 2.27. The molecule has 1 aliphatic carbocycles. The average molecular weight is 388 g/mol. The van der Waals surface area contributed by atoms with Crippen molar-refractivity contribution in [3.05, 3.63) is 77.1 Å². The van der Waals surface area contributed by atoms with Gasteiger partial charge < -0.3 is 10.6 Å². The van der Waals surface area contributed by atoms with E-state index in [9.17, 15) is 9.59 Å². The molecule has 0 saturated carbocycles. The molecule has 2 amide bonds. The van der Waals surface area contributed by atoms with Gasteiger partial charge in [0.15, 0.2) is 5.69 Å². The van der Waals surface area contributed by atoms with Crippen LogP contribution in [0.3, 0.4) is 0 Å². The topological polar surface area (TPSA) is 76.0 Å². The Kier molecular flexibility index (Phi) is 5.42. The summed E-state index contributed by atoms with van der Waals surface area (Å²) in [4.78, 5) is 25.0. The number of carbonyl (C=O) groups is 2. The van der Waals surface area contributed by atoms with Gasteiger partial charge in [-0.3, -0.25) is 9.59 Å². The van der Waals surface area contributed by atoms with Crippen molar-refractivity contribution in [3.8, 4) is 5.69 Å². The third-order valence-electron chi connectivity index (χ3n) is 5.26. The molecule has 29 heavy (non-hydrogen) atoms. The first-order chi connectivity index (χ1) is 14.2. The molecule has 0 atom stereocenters. The summed E-state index contributed by atoms with van der Waals surface area (Å²) in [5.41, 5.74) is 4.67. The minimum atomic E-state index is -0.244. The Morgan fingerprint density at radius 2 is 1.72 bits per heavy atom. The average Bonchev–Trinajstić information content (AvgIpc) is 2.95. The van der Waals surface area contributed by atoms with Crippen LogP contribution >= 0.6 is 0 Å². The van der Waals surface area contributed by atoms with Crippen LogP contribution in [0, 0.1) is 0 Å². The van der Waals surface area contributed by atoms with E-state index in [1.165, 1.54) is 0 Å². The van der Waals surface area contributed by atoms with Crippen LogP contribution in [0.25, 0.3) is 5.69 Å². The van der Waals surface area contributed by atoms with Gasteiger partial charge in [0.2, 0.25) is 0 Å². The van der Waals surface area contributed by atoms with Gasteiger partial charge in [0.1, 0.15) is 0 Å². The molecule has 2 N–H and O–H groups in total. The van der Waals surface area contributed by atoms with Crippen LogP contribution in [0.4, 0.5) is 5.69 Å². The zero-order chi connectivity index (χ0) is 20.2. The number of amides is 2. The summed E-state index contributed by atoms with van der Waals surface area (Å²) in [6.07, 6.45) is 5.07. The molecule has 6 nitrogen and oxygen atoms in total. The molecule has 0 radical (unpaired) electrons. The summed E-state index contributed by atoms with van der Waals surface area (Å²) in [5.74, 6) is -0.435. The number of fused-ring (bicyclic) bond motifs is 1. The Morgan fingerprint density at radius 1 is 0.931 bits per heavy atom. The van der Waals surface area contributed by atoms with Crippen LogP contribution in [-0.4, -0.2) is 28.6 Å². The molecule has 148 valence electrons. The fourth-order valence-corrected chi connectivity index (χ4v) is 3.81. The number of anilines is 1. The zero-order valence-electron chi connectivity index (χ0n) is 16.4. The maximum Gasteiger partial charge on any atom is 0.276 e. The van der Waals surface area contributed by atoms with Crippen molar-refractivity contribution in [2.24, 2.45) is 0 Å². The highest BCUT2D eigenvalue weighted by Gasteiger charge is 2.25. The van der Waals surface area contributed by atoms with Crippen molar-refractivity contribution < 1.29 is 9.59 Å². The van der Waals surface area contributed by atoms with E-state index < -0.39 is 0 Å². The molecule has 1 heterocycles. The van der Waals surface area contributed by atoms with E-state index in [2.05, 4.69) is 10.6 Å². The Bertz CT molecular complexity index is 1040. The van der Waals surface area contributed by atoms with Gasteiger partial charge in [-0.1, -0.05) is 30.7 Å². The lowest BCUT2D eigenvalue weighted by Crippen LogP contribution is -2.19. The fourth-order valence-electron chi connectivity index (χ4n) is 3.81. The number of rotatable bonds is 4. The number of aromatic nitrogens is 2. The van der Waals surface area contributed by atoms with Crippen molar-refractivity contribution >= 4 is 17.5 Å². The predicted molar refractivity (Wildman–Crippen MR) is 113 cm³/mol. The van der Waals surface area contributed by atoms with Crippen LogP contribution in [-0.2, 0) is 12.8 Å². The minimum Gasteiger partial charge on any atom is -0.355 e. The van der Waals surface area contributed by atoms with E-state index in [4.69, 9.17) is 5.10 Å². The summed E-state index contributed by atoms with van der Waals surface area (Å²) in [5, 5.41) is 10.2. The zero-order valence-corrected chi connectivity index (χ0v) is 16.4. The minimum absolute atomic E-state index is 0.191.